The summed E-state index contributed by atoms with van der Waals surface area (Å²) in [5, 5.41) is 3.12. The molecule has 2 aliphatic rings. The third-order valence-corrected chi connectivity index (χ3v) is 3.50. The van der Waals surface area contributed by atoms with Gasteiger partial charge < -0.3 is 11.1 Å². The molecule has 3 nitrogen and oxygen atoms in total. The lowest BCUT2D eigenvalue weighted by Gasteiger charge is -2.26. The Labute approximate surface area is 91.1 Å². The second-order valence-electron chi connectivity index (χ2n) is 4.76. The van der Waals surface area contributed by atoms with Crippen LogP contribution in [0.4, 0.5) is 0 Å². The molecule has 84 valence electrons. The van der Waals surface area contributed by atoms with E-state index in [1.807, 2.05) is 0 Å². The van der Waals surface area contributed by atoms with E-state index < -0.39 is 0 Å². The van der Waals surface area contributed by atoms with Crippen molar-refractivity contribution >= 4 is 5.91 Å². The van der Waals surface area contributed by atoms with E-state index in [0.29, 0.717) is 12.1 Å². The van der Waals surface area contributed by atoms with Crippen LogP contribution in [-0.2, 0) is 4.79 Å². The molecule has 15 heavy (non-hydrogen) atoms. The van der Waals surface area contributed by atoms with Gasteiger partial charge in [0.15, 0.2) is 0 Å². The fraction of sp³-hybridized carbons (Fsp3) is 0.750. The molecule has 0 radical (unpaired) electrons. The molecular formula is C12H20N2O. The zero-order valence-corrected chi connectivity index (χ0v) is 9.11. The maximum atomic E-state index is 11.9. The second-order valence-corrected chi connectivity index (χ2v) is 4.76. The number of amides is 1. The van der Waals surface area contributed by atoms with E-state index in [1.54, 1.807) is 0 Å². The molecule has 0 aliphatic heterocycles. The van der Waals surface area contributed by atoms with Gasteiger partial charge in [-0.2, -0.15) is 0 Å². The monoisotopic (exact) mass is 208 g/mol. The van der Waals surface area contributed by atoms with Crippen LogP contribution in [0.15, 0.2) is 12.2 Å². The van der Waals surface area contributed by atoms with E-state index in [4.69, 9.17) is 5.73 Å². The summed E-state index contributed by atoms with van der Waals surface area (Å²) in [4.78, 5) is 11.9. The zero-order valence-electron chi connectivity index (χ0n) is 9.11. The fourth-order valence-corrected chi connectivity index (χ4v) is 2.44. The van der Waals surface area contributed by atoms with Crippen LogP contribution in [0.25, 0.3) is 0 Å². The molecule has 2 aliphatic carbocycles. The molecule has 0 aromatic carbocycles. The van der Waals surface area contributed by atoms with Gasteiger partial charge in [0.25, 0.3) is 0 Å². The predicted molar refractivity (Wildman–Crippen MR) is 60.2 cm³/mol. The summed E-state index contributed by atoms with van der Waals surface area (Å²) < 4.78 is 0. The van der Waals surface area contributed by atoms with Gasteiger partial charge in [-0.05, 0) is 38.5 Å². The van der Waals surface area contributed by atoms with Crippen LogP contribution in [0.3, 0.4) is 0 Å². The Kier molecular flexibility index (Phi) is 3.41. The third kappa shape index (κ3) is 2.81. The Balaban J connectivity index is 1.75. The van der Waals surface area contributed by atoms with Gasteiger partial charge in [-0.15, -0.1) is 0 Å². The number of hydrogen-bond acceptors (Lipinski definition) is 2. The normalized spacial score (nSPS) is 31.8. The van der Waals surface area contributed by atoms with E-state index in [2.05, 4.69) is 17.5 Å². The largest absolute Gasteiger partial charge is 0.353 e. The number of hydrogen-bond donors (Lipinski definition) is 2. The van der Waals surface area contributed by atoms with Crippen molar-refractivity contribution in [2.45, 2.75) is 50.6 Å². The van der Waals surface area contributed by atoms with Crippen molar-refractivity contribution in [2.75, 3.05) is 0 Å². The Bertz CT molecular complexity index is 246. The lowest BCUT2D eigenvalue weighted by atomic mass is 9.86. The average Bonchev–Trinajstić information content (AvgIpc) is 2.71. The van der Waals surface area contributed by atoms with Crippen molar-refractivity contribution in [1.29, 1.82) is 0 Å². The second kappa shape index (κ2) is 4.79. The van der Waals surface area contributed by atoms with Crippen LogP contribution >= 0.6 is 0 Å². The summed E-state index contributed by atoms with van der Waals surface area (Å²) in [5.41, 5.74) is 5.82. The van der Waals surface area contributed by atoms with Crippen molar-refractivity contribution in [3.63, 3.8) is 0 Å². The molecule has 0 aromatic rings. The topological polar surface area (TPSA) is 55.1 Å². The Morgan fingerprint density at radius 3 is 2.33 bits per heavy atom. The average molecular weight is 208 g/mol. The summed E-state index contributed by atoms with van der Waals surface area (Å²) in [5.74, 6) is 0.459. The number of nitrogens with two attached hydrogens (primary N) is 1. The van der Waals surface area contributed by atoms with Crippen molar-refractivity contribution in [3.05, 3.63) is 12.2 Å². The molecule has 1 saturated carbocycles. The number of carbonyl (C=O) groups excluding carboxylic acids is 1. The summed E-state index contributed by atoms with van der Waals surface area (Å²) in [6.07, 6.45) is 10.2. The molecule has 3 N–H and O–H groups in total. The van der Waals surface area contributed by atoms with Gasteiger partial charge in [0.1, 0.15) is 0 Å². The van der Waals surface area contributed by atoms with E-state index in [1.165, 1.54) is 0 Å². The van der Waals surface area contributed by atoms with Gasteiger partial charge in [-0.1, -0.05) is 12.2 Å². The molecule has 1 fully saturated rings. The predicted octanol–water partition coefficient (Wildman–Crippen LogP) is 1.34. The van der Waals surface area contributed by atoms with Crippen LogP contribution in [0.5, 0.6) is 0 Å². The molecule has 1 amide bonds. The maximum Gasteiger partial charge on any atom is 0.223 e. The lowest BCUT2D eigenvalue weighted by Crippen LogP contribution is -2.40. The van der Waals surface area contributed by atoms with E-state index in [0.717, 1.165) is 38.5 Å². The van der Waals surface area contributed by atoms with Crippen LogP contribution in [-0.4, -0.2) is 18.0 Å². The van der Waals surface area contributed by atoms with Gasteiger partial charge >= 0.3 is 0 Å². The maximum absolute atomic E-state index is 11.9. The number of rotatable bonds is 2. The summed E-state index contributed by atoms with van der Waals surface area (Å²) in [7, 11) is 0. The van der Waals surface area contributed by atoms with Gasteiger partial charge in [0.2, 0.25) is 5.91 Å². The lowest BCUT2D eigenvalue weighted by molar-refractivity contribution is -0.126. The van der Waals surface area contributed by atoms with Crippen molar-refractivity contribution in [1.82, 2.24) is 5.32 Å². The van der Waals surface area contributed by atoms with Gasteiger partial charge in [-0.25, -0.2) is 0 Å². The molecule has 0 unspecified atom stereocenters. The quantitative estimate of drug-likeness (QED) is 0.673. The summed E-state index contributed by atoms with van der Waals surface area (Å²) >= 11 is 0. The Morgan fingerprint density at radius 1 is 1.13 bits per heavy atom. The summed E-state index contributed by atoms with van der Waals surface area (Å²) in [6.45, 7) is 0. The fourth-order valence-electron chi connectivity index (χ4n) is 2.44. The van der Waals surface area contributed by atoms with Gasteiger partial charge in [0.05, 0.1) is 0 Å². The minimum atomic E-state index is 0.213. The van der Waals surface area contributed by atoms with Crippen LogP contribution in [0, 0.1) is 5.92 Å². The Hall–Kier alpha value is -0.830. The smallest absolute Gasteiger partial charge is 0.223 e. The molecule has 0 heterocycles. The van der Waals surface area contributed by atoms with E-state index in [-0.39, 0.29) is 11.8 Å². The molecule has 0 saturated heterocycles. The van der Waals surface area contributed by atoms with Crippen molar-refractivity contribution < 1.29 is 4.79 Å². The van der Waals surface area contributed by atoms with E-state index in [9.17, 15) is 4.79 Å². The number of carbonyl (C=O) groups is 1. The highest BCUT2D eigenvalue weighted by Gasteiger charge is 2.26. The minimum Gasteiger partial charge on any atom is -0.353 e. The highest BCUT2D eigenvalue weighted by atomic mass is 16.1. The van der Waals surface area contributed by atoms with Gasteiger partial charge in [0, 0.05) is 18.0 Å². The molecule has 3 heteroatoms. The molecule has 0 spiro atoms. The third-order valence-electron chi connectivity index (χ3n) is 3.50. The molecule has 0 bridgehead atoms. The molecule has 2 rings (SSSR count). The van der Waals surface area contributed by atoms with Crippen LogP contribution < -0.4 is 11.1 Å². The van der Waals surface area contributed by atoms with Crippen LogP contribution in [0.2, 0.25) is 0 Å². The van der Waals surface area contributed by atoms with Crippen molar-refractivity contribution in [2.24, 2.45) is 11.7 Å². The van der Waals surface area contributed by atoms with Crippen molar-refractivity contribution in [3.8, 4) is 0 Å². The highest BCUT2D eigenvalue weighted by Crippen LogP contribution is 2.23. The first-order valence-corrected chi connectivity index (χ1v) is 5.96. The Morgan fingerprint density at radius 2 is 1.73 bits per heavy atom. The summed E-state index contributed by atoms with van der Waals surface area (Å²) in [6, 6.07) is 0.676. The highest BCUT2D eigenvalue weighted by molar-refractivity contribution is 5.79. The standard InChI is InChI=1S/C12H20N2O/c13-10-7-5-9(6-8-10)12(15)14-11-3-1-2-4-11/h1-2,9-11H,3-8,13H2,(H,14,15). The first-order valence-electron chi connectivity index (χ1n) is 5.96. The SMILES string of the molecule is NC1CCC(C(=O)NC2CC=CC2)CC1. The first-order chi connectivity index (χ1) is 7.25. The first kappa shape index (κ1) is 10.7. The van der Waals surface area contributed by atoms with Gasteiger partial charge in [-0.3, -0.25) is 4.79 Å². The van der Waals surface area contributed by atoms with Crippen LogP contribution in [0.1, 0.15) is 38.5 Å². The molecule has 0 atom stereocenters. The minimum absolute atomic E-state index is 0.213. The molecular weight excluding hydrogens is 188 g/mol. The number of nitrogens with one attached hydrogen (secondary N) is 1. The molecule has 0 aromatic heterocycles. The zero-order chi connectivity index (χ0) is 10.7. The van der Waals surface area contributed by atoms with E-state index >= 15 is 0 Å².